The first kappa shape index (κ1) is 21.3. The van der Waals surface area contributed by atoms with Crippen molar-refractivity contribution in [3.63, 3.8) is 0 Å². The maximum atomic E-state index is 13.0. The number of aliphatic hydroxyl groups is 1. The standard InChI is InChI=1S/C21H15BrCl2N2O3/c22-16-5-10-19(27)13(11-16)12-25-26-20(28)21(29,14-1-6-17(23)7-2-14)15-3-8-18(24)9-4-15/h1-12,27,29H,(H,26,28)/b25-12-. The van der Waals surface area contributed by atoms with Crippen molar-refractivity contribution in [1.82, 2.24) is 5.43 Å². The molecular formula is C21H15BrCl2N2O3. The number of halogens is 3. The topological polar surface area (TPSA) is 81.9 Å². The van der Waals surface area contributed by atoms with Crippen molar-refractivity contribution >= 4 is 51.3 Å². The van der Waals surface area contributed by atoms with Crippen molar-refractivity contribution < 1.29 is 15.0 Å². The molecule has 0 aliphatic rings. The van der Waals surface area contributed by atoms with E-state index in [0.29, 0.717) is 26.7 Å². The molecule has 3 aromatic carbocycles. The van der Waals surface area contributed by atoms with Gasteiger partial charge in [0.2, 0.25) is 0 Å². The van der Waals surface area contributed by atoms with E-state index in [0.717, 1.165) is 4.47 Å². The number of hydrogen-bond donors (Lipinski definition) is 3. The van der Waals surface area contributed by atoms with Crippen LogP contribution in [0.15, 0.2) is 76.3 Å². The van der Waals surface area contributed by atoms with Crippen LogP contribution in [0.2, 0.25) is 10.0 Å². The third kappa shape index (κ3) is 4.79. The van der Waals surface area contributed by atoms with Gasteiger partial charge in [-0.1, -0.05) is 63.4 Å². The van der Waals surface area contributed by atoms with Gasteiger partial charge in [0.05, 0.1) is 6.21 Å². The molecule has 148 valence electrons. The quantitative estimate of drug-likeness (QED) is 0.351. The van der Waals surface area contributed by atoms with Crippen LogP contribution in [0, 0.1) is 0 Å². The first-order chi connectivity index (χ1) is 13.8. The van der Waals surface area contributed by atoms with Gasteiger partial charge >= 0.3 is 0 Å². The Kier molecular flexibility index (Phi) is 6.59. The van der Waals surface area contributed by atoms with Gasteiger partial charge in [0.25, 0.3) is 5.91 Å². The fourth-order valence-corrected chi connectivity index (χ4v) is 3.31. The highest BCUT2D eigenvalue weighted by Gasteiger charge is 2.40. The summed E-state index contributed by atoms with van der Waals surface area (Å²) in [6.45, 7) is 0. The van der Waals surface area contributed by atoms with Gasteiger partial charge in [-0.15, -0.1) is 0 Å². The summed E-state index contributed by atoms with van der Waals surface area (Å²) in [5.41, 5.74) is 1.30. The second-order valence-corrected chi connectivity index (χ2v) is 7.92. The maximum absolute atomic E-state index is 13.0. The maximum Gasteiger partial charge on any atom is 0.281 e. The van der Waals surface area contributed by atoms with E-state index in [1.165, 1.54) is 12.3 Å². The highest BCUT2D eigenvalue weighted by atomic mass is 79.9. The van der Waals surface area contributed by atoms with E-state index < -0.39 is 11.5 Å². The lowest BCUT2D eigenvalue weighted by Crippen LogP contribution is -2.43. The zero-order valence-corrected chi connectivity index (χ0v) is 17.9. The molecular weight excluding hydrogens is 479 g/mol. The van der Waals surface area contributed by atoms with E-state index in [2.05, 4.69) is 26.5 Å². The fourth-order valence-electron chi connectivity index (χ4n) is 2.68. The van der Waals surface area contributed by atoms with Crippen molar-refractivity contribution in [3.8, 4) is 5.75 Å². The number of rotatable bonds is 5. The van der Waals surface area contributed by atoms with Crippen molar-refractivity contribution in [3.05, 3.63) is 97.9 Å². The molecule has 3 aromatic rings. The van der Waals surface area contributed by atoms with Gasteiger partial charge in [-0.25, -0.2) is 5.43 Å². The molecule has 0 aliphatic heterocycles. The van der Waals surface area contributed by atoms with E-state index in [1.807, 2.05) is 0 Å². The third-order valence-corrected chi connectivity index (χ3v) is 5.21. The summed E-state index contributed by atoms with van der Waals surface area (Å²) in [7, 11) is 0. The SMILES string of the molecule is O=C(N/N=C\c1cc(Br)ccc1O)C(O)(c1ccc(Cl)cc1)c1ccc(Cl)cc1. The lowest BCUT2D eigenvalue weighted by atomic mass is 9.85. The van der Waals surface area contributed by atoms with E-state index in [-0.39, 0.29) is 5.75 Å². The summed E-state index contributed by atoms with van der Waals surface area (Å²) in [5, 5.41) is 26.1. The van der Waals surface area contributed by atoms with Crippen molar-refractivity contribution in [2.24, 2.45) is 5.10 Å². The summed E-state index contributed by atoms with van der Waals surface area (Å²) < 4.78 is 0.738. The molecule has 1 amide bonds. The first-order valence-electron chi connectivity index (χ1n) is 8.37. The summed E-state index contributed by atoms with van der Waals surface area (Å²) >= 11 is 15.2. The Morgan fingerprint density at radius 2 is 1.48 bits per heavy atom. The molecule has 0 radical (unpaired) electrons. The number of carbonyl (C=O) groups excluding carboxylic acids is 1. The van der Waals surface area contributed by atoms with Gasteiger partial charge in [-0.05, 0) is 53.6 Å². The number of nitrogens with zero attached hydrogens (tertiary/aromatic N) is 1. The average Bonchev–Trinajstić information content (AvgIpc) is 2.71. The van der Waals surface area contributed by atoms with E-state index in [1.54, 1.807) is 60.7 Å². The van der Waals surface area contributed by atoms with Crippen LogP contribution in [0.5, 0.6) is 5.75 Å². The fraction of sp³-hybridized carbons (Fsp3) is 0.0476. The molecule has 3 N–H and O–H groups in total. The average molecular weight is 494 g/mol. The molecule has 5 nitrogen and oxygen atoms in total. The summed E-state index contributed by atoms with van der Waals surface area (Å²) in [4.78, 5) is 13.0. The Labute approximate surface area is 185 Å². The largest absolute Gasteiger partial charge is 0.507 e. The van der Waals surface area contributed by atoms with Crippen LogP contribution in [0.3, 0.4) is 0 Å². The Bertz CT molecular complexity index is 1010. The van der Waals surface area contributed by atoms with Crippen LogP contribution in [-0.4, -0.2) is 22.3 Å². The smallest absolute Gasteiger partial charge is 0.281 e. The minimum absolute atomic E-state index is 0.00290. The molecule has 0 fully saturated rings. The molecule has 0 bridgehead atoms. The number of benzene rings is 3. The van der Waals surface area contributed by atoms with Crippen LogP contribution in [-0.2, 0) is 10.4 Å². The van der Waals surface area contributed by atoms with Crippen molar-refractivity contribution in [1.29, 1.82) is 0 Å². The van der Waals surface area contributed by atoms with E-state index >= 15 is 0 Å². The second kappa shape index (κ2) is 8.97. The second-order valence-electron chi connectivity index (χ2n) is 6.13. The molecule has 0 saturated heterocycles. The molecule has 0 spiro atoms. The normalized spacial score (nSPS) is 11.6. The van der Waals surface area contributed by atoms with E-state index in [4.69, 9.17) is 23.2 Å². The molecule has 29 heavy (non-hydrogen) atoms. The highest BCUT2D eigenvalue weighted by molar-refractivity contribution is 9.10. The third-order valence-electron chi connectivity index (χ3n) is 4.21. The van der Waals surface area contributed by atoms with Gasteiger partial charge < -0.3 is 10.2 Å². The van der Waals surface area contributed by atoms with Gasteiger partial charge in [-0.2, -0.15) is 5.10 Å². The molecule has 0 heterocycles. The minimum atomic E-state index is -2.04. The Morgan fingerprint density at radius 3 is 2.00 bits per heavy atom. The predicted octanol–water partition coefficient (Wildman–Crippen LogP) is 4.85. The first-order valence-corrected chi connectivity index (χ1v) is 9.92. The summed E-state index contributed by atoms with van der Waals surface area (Å²) in [6, 6.07) is 17.3. The van der Waals surface area contributed by atoms with Crippen molar-refractivity contribution in [2.45, 2.75) is 5.60 Å². The van der Waals surface area contributed by atoms with Crippen LogP contribution in [0.25, 0.3) is 0 Å². The van der Waals surface area contributed by atoms with Gasteiger partial charge in [-0.3, -0.25) is 4.79 Å². The monoisotopic (exact) mass is 492 g/mol. The lowest BCUT2D eigenvalue weighted by Gasteiger charge is -2.27. The molecule has 8 heteroatoms. The molecule has 3 rings (SSSR count). The zero-order valence-electron chi connectivity index (χ0n) is 14.8. The molecule has 0 saturated carbocycles. The van der Waals surface area contributed by atoms with Gasteiger partial charge in [0, 0.05) is 20.1 Å². The zero-order chi connectivity index (χ0) is 21.0. The van der Waals surface area contributed by atoms with Crippen LogP contribution in [0.1, 0.15) is 16.7 Å². The van der Waals surface area contributed by atoms with Crippen molar-refractivity contribution in [2.75, 3.05) is 0 Å². The number of phenolic OH excluding ortho intramolecular Hbond substituents is 1. The predicted molar refractivity (Wildman–Crippen MR) is 117 cm³/mol. The van der Waals surface area contributed by atoms with Crippen LogP contribution in [0.4, 0.5) is 0 Å². The number of phenols is 1. The molecule has 0 unspecified atom stereocenters. The number of amides is 1. The molecule has 0 atom stereocenters. The van der Waals surface area contributed by atoms with Crippen LogP contribution >= 0.6 is 39.1 Å². The summed E-state index contributed by atoms with van der Waals surface area (Å²) in [5.74, 6) is -0.787. The van der Waals surface area contributed by atoms with Gasteiger partial charge in [0.1, 0.15) is 5.75 Å². The highest BCUT2D eigenvalue weighted by Crippen LogP contribution is 2.32. The number of aromatic hydroxyl groups is 1. The van der Waals surface area contributed by atoms with Gasteiger partial charge in [0.15, 0.2) is 5.60 Å². The van der Waals surface area contributed by atoms with E-state index in [9.17, 15) is 15.0 Å². The number of carbonyl (C=O) groups is 1. The lowest BCUT2D eigenvalue weighted by molar-refractivity contribution is -0.136. The molecule has 0 aromatic heterocycles. The summed E-state index contributed by atoms with van der Waals surface area (Å²) in [6.07, 6.45) is 1.28. The Hall–Kier alpha value is -2.38. The number of hydrazone groups is 1. The Morgan fingerprint density at radius 1 is 0.966 bits per heavy atom. The minimum Gasteiger partial charge on any atom is -0.507 e. The molecule has 0 aliphatic carbocycles. The van der Waals surface area contributed by atoms with Crippen LogP contribution < -0.4 is 5.43 Å². The number of nitrogens with one attached hydrogen (secondary N) is 1. The Balaban J connectivity index is 1.94. The number of hydrogen-bond acceptors (Lipinski definition) is 4.